The summed E-state index contributed by atoms with van der Waals surface area (Å²) in [7, 11) is -2.02. The third kappa shape index (κ3) is 10.7. The van der Waals surface area contributed by atoms with Crippen LogP contribution in [0, 0.1) is 0 Å². The topological polar surface area (TPSA) is 195 Å². The molecule has 5 N–H and O–H groups in total. The van der Waals surface area contributed by atoms with E-state index in [9.17, 15) is 36.3 Å². The number of amides is 3. The number of phenols is 1. The van der Waals surface area contributed by atoms with Gasteiger partial charge in [0.1, 0.15) is 40.9 Å². The molecule has 2 aliphatic rings. The minimum atomic E-state index is -5.08. The Balaban J connectivity index is 0.000000793. The third-order valence-corrected chi connectivity index (χ3v) is 11.1. The molecule has 1 fully saturated rings. The lowest BCUT2D eigenvalue weighted by molar-refractivity contribution is -0.918. The predicted octanol–water partition coefficient (Wildman–Crippen LogP) is 6.20. The lowest BCUT2D eigenvalue weighted by atomic mass is 10.0. The van der Waals surface area contributed by atoms with Crippen molar-refractivity contribution in [2.45, 2.75) is 42.9 Å². The molecular weight excluding hydrogens is 810 g/mol. The molecule has 1 unspecified atom stereocenters. The second-order valence-corrected chi connectivity index (χ2v) is 16.0. The van der Waals surface area contributed by atoms with Gasteiger partial charge in [0, 0.05) is 24.8 Å². The number of hydrogen-bond donors (Lipinski definition) is 4. The number of halogens is 3. The Morgan fingerprint density at radius 1 is 0.900 bits per heavy atom. The van der Waals surface area contributed by atoms with Crippen LogP contribution in [0.4, 0.5) is 23.7 Å². The Hall–Kier alpha value is -6.66. The smallest absolute Gasteiger partial charge is 0.496 e. The van der Waals surface area contributed by atoms with E-state index < -0.39 is 40.2 Å². The van der Waals surface area contributed by atoms with Crippen LogP contribution in [0.1, 0.15) is 24.0 Å². The highest BCUT2D eigenvalue weighted by Gasteiger charge is 2.40. The molecule has 0 bridgehead atoms. The molecule has 14 nitrogen and oxygen atoms in total. The quantitative estimate of drug-likeness (QED) is 0.0715. The number of nitrogens with two attached hydrogens (primary N) is 1. The number of piperidine rings is 1. The SMILES string of the molecule is C[N+]1(Cc2ccc3c(c2)OCO3)CCC/C(=[N+](\C(=O)Nc2ccc(OS(=O)(=O)c3ccc4ccccc4c3)cc2)[C@@H](Cc2ccc(O)cc2)C(N)=O)C1.O=C(O)C(F)(F)F. The predicted molar refractivity (Wildman–Crippen MR) is 212 cm³/mol. The van der Waals surface area contributed by atoms with E-state index in [-0.39, 0.29) is 29.6 Å². The molecule has 2 atom stereocenters. The summed E-state index contributed by atoms with van der Waals surface area (Å²) < 4.78 is 76.5. The van der Waals surface area contributed by atoms with Crippen LogP contribution in [0.2, 0.25) is 0 Å². The number of aromatic hydroxyl groups is 1. The van der Waals surface area contributed by atoms with E-state index in [0.29, 0.717) is 46.7 Å². The van der Waals surface area contributed by atoms with Crippen LogP contribution in [0.5, 0.6) is 23.0 Å². The van der Waals surface area contributed by atoms with E-state index >= 15 is 0 Å². The minimum absolute atomic E-state index is 0.0174. The van der Waals surface area contributed by atoms with Gasteiger partial charge in [-0.05, 0) is 83.1 Å². The zero-order valence-electron chi connectivity index (χ0n) is 32.1. The number of alkyl halides is 3. The van der Waals surface area contributed by atoms with Gasteiger partial charge in [-0.25, -0.2) is 10.1 Å². The van der Waals surface area contributed by atoms with Gasteiger partial charge in [-0.3, -0.25) is 4.79 Å². The van der Waals surface area contributed by atoms with Gasteiger partial charge in [-0.2, -0.15) is 31.0 Å². The Bertz CT molecular complexity index is 2550. The molecule has 60 heavy (non-hydrogen) atoms. The summed E-state index contributed by atoms with van der Waals surface area (Å²) in [6, 6.07) is 28.9. The lowest BCUT2D eigenvalue weighted by Gasteiger charge is -2.38. The molecule has 314 valence electrons. The van der Waals surface area contributed by atoms with Gasteiger partial charge in [-0.15, -0.1) is 0 Å². The van der Waals surface area contributed by atoms with E-state index in [4.69, 9.17) is 29.3 Å². The zero-order valence-corrected chi connectivity index (χ0v) is 32.9. The number of nitrogens with zero attached hydrogens (tertiary/aromatic N) is 2. The molecule has 0 saturated carbocycles. The number of benzene rings is 5. The first-order chi connectivity index (χ1) is 28.4. The van der Waals surface area contributed by atoms with Crippen LogP contribution in [-0.2, 0) is 32.7 Å². The largest absolute Gasteiger partial charge is 0.508 e. The first-order valence-electron chi connectivity index (χ1n) is 18.5. The van der Waals surface area contributed by atoms with Crippen molar-refractivity contribution >= 4 is 50.2 Å². The molecule has 7 rings (SSSR count). The average molecular weight is 851 g/mol. The van der Waals surface area contributed by atoms with Crippen LogP contribution in [0.3, 0.4) is 0 Å². The molecule has 1 saturated heterocycles. The fourth-order valence-electron chi connectivity index (χ4n) is 7.03. The lowest BCUT2D eigenvalue weighted by Crippen LogP contribution is -2.56. The van der Waals surface area contributed by atoms with E-state index in [1.807, 2.05) is 42.5 Å². The van der Waals surface area contributed by atoms with Crippen molar-refractivity contribution in [3.63, 3.8) is 0 Å². The molecule has 5 aromatic carbocycles. The number of carbonyl (C=O) groups excluding carboxylic acids is 2. The normalized spacial score (nSPS) is 17.5. The van der Waals surface area contributed by atoms with Gasteiger partial charge in [0.05, 0.1) is 13.6 Å². The number of rotatable bonds is 10. The van der Waals surface area contributed by atoms with E-state index in [0.717, 1.165) is 35.0 Å². The highest BCUT2D eigenvalue weighted by atomic mass is 32.2. The van der Waals surface area contributed by atoms with Crippen LogP contribution in [-0.4, -0.2) is 90.5 Å². The maximum absolute atomic E-state index is 14.3. The molecule has 0 radical (unpaired) electrons. The van der Waals surface area contributed by atoms with Crippen molar-refractivity contribution in [1.82, 2.24) is 0 Å². The molecule has 0 aromatic heterocycles. The summed E-state index contributed by atoms with van der Waals surface area (Å²) in [5, 5.41) is 21.5. The number of hydrogen-bond acceptors (Lipinski definition) is 9. The second kappa shape index (κ2) is 17.7. The van der Waals surface area contributed by atoms with Crippen molar-refractivity contribution in [2.24, 2.45) is 5.73 Å². The number of likely N-dealkylation sites (tertiary alicyclic amines) is 1. The number of carboxylic acid groups (broad SMARTS) is 1. The zero-order chi connectivity index (χ0) is 43.2. The highest BCUT2D eigenvalue weighted by molar-refractivity contribution is 7.87. The molecule has 5 aromatic rings. The second-order valence-electron chi connectivity index (χ2n) is 14.5. The average Bonchev–Trinajstić information content (AvgIpc) is 3.67. The van der Waals surface area contributed by atoms with Crippen molar-refractivity contribution < 1.29 is 68.9 Å². The number of anilines is 1. The number of carbonyl (C=O) groups is 3. The van der Waals surface area contributed by atoms with Gasteiger partial charge in [0.15, 0.2) is 17.5 Å². The summed E-state index contributed by atoms with van der Waals surface area (Å²) in [6.07, 6.45) is -3.62. The number of carboxylic acids is 1. The summed E-state index contributed by atoms with van der Waals surface area (Å²) in [4.78, 5) is 36.4. The summed E-state index contributed by atoms with van der Waals surface area (Å²) in [5.41, 5.74) is 8.90. The van der Waals surface area contributed by atoms with Gasteiger partial charge < -0.3 is 34.1 Å². The molecule has 3 amide bonds. The Morgan fingerprint density at radius 3 is 2.22 bits per heavy atom. The van der Waals surface area contributed by atoms with Gasteiger partial charge in [0.2, 0.25) is 6.79 Å². The van der Waals surface area contributed by atoms with Gasteiger partial charge in [-0.1, -0.05) is 42.5 Å². The summed E-state index contributed by atoms with van der Waals surface area (Å²) >= 11 is 0. The number of nitrogens with one attached hydrogen (secondary N) is 1. The Kier molecular flexibility index (Phi) is 12.6. The third-order valence-electron chi connectivity index (χ3n) is 9.86. The van der Waals surface area contributed by atoms with Crippen LogP contribution < -0.4 is 24.7 Å². The van der Waals surface area contributed by atoms with Crippen LogP contribution >= 0.6 is 0 Å². The number of phenolic OH excluding ortho intramolecular Hbond substituents is 1. The van der Waals surface area contributed by atoms with Crippen molar-refractivity contribution in [3.05, 3.63) is 120 Å². The van der Waals surface area contributed by atoms with Crippen molar-refractivity contribution in [2.75, 3.05) is 32.2 Å². The summed E-state index contributed by atoms with van der Waals surface area (Å²) in [5.74, 6) is -1.90. The molecule has 2 aliphatic heterocycles. The number of urea groups is 1. The van der Waals surface area contributed by atoms with Crippen LogP contribution in [0.15, 0.2) is 114 Å². The van der Waals surface area contributed by atoms with Gasteiger partial charge >= 0.3 is 28.3 Å². The number of aliphatic carboxylic acids is 1. The fraction of sp³-hybridized carbons (Fsp3) is 0.238. The number of ether oxygens (including phenoxy) is 2. The van der Waals surface area contributed by atoms with Crippen molar-refractivity contribution in [1.29, 1.82) is 0 Å². The standard InChI is InChI=1S/C40H38N4O8S.C2HF3O2/c1-44(24-28-10-19-37-38(22-28)51-26-50-37)20-4-7-32(25-44)43(36(39(41)46)21-27-8-14-33(45)15-9-27)40(47)42-31-12-16-34(17-13-31)52-53(48,49)35-18-11-29-5-2-3-6-30(29)23-35;3-2(4,5)1(6)7/h2-3,5-6,8-19,22-23,36H,4,7,20-21,24-26H2,1H3,(H2-2,41,42,45,46,47);(H,6,7)/p+2/b43-32+;/t36-,44?;/m0./s1. The molecule has 0 aliphatic carbocycles. The number of fused-ring (bicyclic) bond motifs is 2. The monoisotopic (exact) mass is 850 g/mol. The van der Waals surface area contributed by atoms with Crippen LogP contribution in [0.25, 0.3) is 10.8 Å². The fourth-order valence-corrected chi connectivity index (χ4v) is 8.00. The Morgan fingerprint density at radius 2 is 1.55 bits per heavy atom. The summed E-state index contributed by atoms with van der Waals surface area (Å²) in [6.45, 7) is 2.15. The first-order valence-corrected chi connectivity index (χ1v) is 19.9. The van der Waals surface area contributed by atoms with Gasteiger partial charge in [0.25, 0.3) is 5.91 Å². The number of quaternary nitrogens is 1. The van der Waals surface area contributed by atoms with Crippen molar-refractivity contribution in [3.8, 4) is 23.0 Å². The molecular formula is C42H41F3N4O10S+2. The van der Waals surface area contributed by atoms with E-state index in [1.54, 1.807) is 24.3 Å². The number of primary amides is 1. The molecule has 2 heterocycles. The van der Waals surface area contributed by atoms with E-state index in [2.05, 4.69) is 12.4 Å². The Labute approximate surface area is 342 Å². The van der Waals surface area contributed by atoms with E-state index in [1.165, 1.54) is 47.0 Å². The maximum Gasteiger partial charge on any atom is 0.496 e. The highest BCUT2D eigenvalue weighted by Crippen LogP contribution is 2.34. The molecule has 18 heteroatoms. The first kappa shape index (κ1) is 42.9. The maximum atomic E-state index is 14.3. The minimum Gasteiger partial charge on any atom is -0.508 e. The molecule has 0 spiro atoms.